The smallest absolute Gasteiger partial charge is 0.293 e. The summed E-state index contributed by atoms with van der Waals surface area (Å²) in [4.78, 5) is 13.8. The predicted molar refractivity (Wildman–Crippen MR) is 75.8 cm³/mol. The summed E-state index contributed by atoms with van der Waals surface area (Å²) >= 11 is 1.62. The van der Waals surface area contributed by atoms with Gasteiger partial charge in [-0.3, -0.25) is 4.79 Å². The van der Waals surface area contributed by atoms with Crippen LogP contribution in [0.3, 0.4) is 0 Å². The maximum absolute atomic E-state index is 12.8. The predicted octanol–water partition coefficient (Wildman–Crippen LogP) is 5.07. The molecule has 2 aromatic rings. The lowest BCUT2D eigenvalue weighted by Crippen LogP contribution is -2.18. The fourth-order valence-electron chi connectivity index (χ4n) is 2.81. The van der Waals surface area contributed by atoms with Crippen LogP contribution in [0, 0.1) is 0 Å². The molecule has 0 saturated heterocycles. The molecule has 1 heterocycles. The highest BCUT2D eigenvalue weighted by atomic mass is 32.1. The summed E-state index contributed by atoms with van der Waals surface area (Å²) in [6, 6.07) is 6.65. The van der Waals surface area contributed by atoms with E-state index in [1.807, 2.05) is 11.4 Å². The van der Waals surface area contributed by atoms with Crippen LogP contribution in [-0.4, -0.2) is 5.78 Å². The molecular formula is C16H13F3OS. The Balaban J connectivity index is 1.94. The van der Waals surface area contributed by atoms with Gasteiger partial charge in [-0.25, -0.2) is 0 Å². The second kappa shape index (κ2) is 5.30. The molecule has 5 heteroatoms. The molecule has 1 aliphatic rings. The normalized spacial score (nSPS) is 18.3. The molecule has 1 unspecified atom stereocenters. The van der Waals surface area contributed by atoms with Gasteiger partial charge in [0, 0.05) is 16.4 Å². The number of alkyl halides is 3. The highest BCUT2D eigenvalue weighted by Crippen LogP contribution is 2.37. The lowest BCUT2D eigenvalue weighted by Gasteiger charge is -2.21. The van der Waals surface area contributed by atoms with E-state index < -0.39 is 11.7 Å². The van der Waals surface area contributed by atoms with Gasteiger partial charge < -0.3 is 0 Å². The summed E-state index contributed by atoms with van der Waals surface area (Å²) in [7, 11) is 0. The first kappa shape index (κ1) is 14.3. The number of carbonyl (C=O) groups excluding carboxylic acids is 1. The fourth-order valence-corrected chi connectivity index (χ4v) is 3.80. The Morgan fingerprint density at radius 2 is 2.05 bits per heavy atom. The SMILES string of the molecule is O=C(c1cccc(C(F)(F)F)c1)C1CCCc2sccc21. The molecule has 0 saturated carbocycles. The van der Waals surface area contributed by atoms with Gasteiger partial charge >= 0.3 is 6.18 Å². The molecule has 1 aliphatic carbocycles. The number of fused-ring (bicyclic) bond motifs is 1. The molecule has 1 nitrogen and oxygen atoms in total. The third kappa shape index (κ3) is 2.75. The van der Waals surface area contributed by atoms with Crippen LogP contribution in [0.1, 0.15) is 45.1 Å². The fraction of sp³-hybridized carbons (Fsp3) is 0.312. The van der Waals surface area contributed by atoms with Gasteiger partial charge in [-0.1, -0.05) is 12.1 Å². The van der Waals surface area contributed by atoms with Crippen LogP contribution < -0.4 is 0 Å². The molecular weight excluding hydrogens is 297 g/mol. The molecule has 0 amide bonds. The molecule has 0 fully saturated rings. The highest BCUT2D eigenvalue weighted by molar-refractivity contribution is 7.10. The summed E-state index contributed by atoms with van der Waals surface area (Å²) in [6.07, 6.45) is -1.85. The average molecular weight is 310 g/mol. The third-order valence-electron chi connectivity index (χ3n) is 3.84. The number of rotatable bonds is 2. The van der Waals surface area contributed by atoms with Gasteiger partial charge in [0.05, 0.1) is 5.56 Å². The molecule has 0 N–H and O–H groups in total. The first-order chi connectivity index (χ1) is 9.97. The van der Waals surface area contributed by atoms with E-state index in [2.05, 4.69) is 0 Å². The lowest BCUT2D eigenvalue weighted by molar-refractivity contribution is -0.137. The van der Waals surface area contributed by atoms with E-state index in [4.69, 9.17) is 0 Å². The van der Waals surface area contributed by atoms with Crippen molar-refractivity contribution in [1.82, 2.24) is 0 Å². The Morgan fingerprint density at radius 3 is 2.81 bits per heavy atom. The zero-order chi connectivity index (χ0) is 15.0. The van der Waals surface area contributed by atoms with Gasteiger partial charge in [0.15, 0.2) is 5.78 Å². The number of thiophene rings is 1. The molecule has 0 bridgehead atoms. The molecule has 1 aromatic carbocycles. The largest absolute Gasteiger partial charge is 0.416 e. The van der Waals surface area contributed by atoms with Crippen LogP contribution in [0.4, 0.5) is 13.2 Å². The Kier molecular flexibility index (Phi) is 3.61. The summed E-state index contributed by atoms with van der Waals surface area (Å²) in [5.41, 5.74) is 0.372. The topological polar surface area (TPSA) is 17.1 Å². The lowest BCUT2D eigenvalue weighted by atomic mass is 9.82. The second-order valence-electron chi connectivity index (χ2n) is 5.19. The van der Waals surface area contributed by atoms with Crippen molar-refractivity contribution in [2.75, 3.05) is 0 Å². The quantitative estimate of drug-likeness (QED) is 0.708. The van der Waals surface area contributed by atoms with Crippen molar-refractivity contribution < 1.29 is 18.0 Å². The molecule has 21 heavy (non-hydrogen) atoms. The molecule has 1 atom stereocenters. The molecule has 0 radical (unpaired) electrons. The van der Waals surface area contributed by atoms with Gasteiger partial charge in [-0.05, 0) is 48.4 Å². The molecule has 1 aromatic heterocycles. The molecule has 110 valence electrons. The minimum atomic E-state index is -4.42. The standard InChI is InChI=1S/C16H13F3OS/c17-16(18,19)11-4-1-3-10(9-11)15(20)13-5-2-6-14-12(13)7-8-21-14/h1,3-4,7-9,13H,2,5-6H2. The maximum atomic E-state index is 12.8. The number of halogens is 3. The van der Waals surface area contributed by atoms with Gasteiger partial charge in [0.1, 0.15) is 0 Å². The summed E-state index contributed by atoms with van der Waals surface area (Å²) in [5, 5.41) is 1.95. The van der Waals surface area contributed by atoms with E-state index in [-0.39, 0.29) is 17.3 Å². The van der Waals surface area contributed by atoms with Crippen LogP contribution in [0.25, 0.3) is 0 Å². The summed E-state index contributed by atoms with van der Waals surface area (Å²) in [6.45, 7) is 0. The monoisotopic (exact) mass is 310 g/mol. The molecule has 0 aliphatic heterocycles. The van der Waals surface area contributed by atoms with Crippen LogP contribution in [-0.2, 0) is 12.6 Å². The zero-order valence-electron chi connectivity index (χ0n) is 11.1. The second-order valence-corrected chi connectivity index (χ2v) is 6.19. The van der Waals surface area contributed by atoms with Crippen molar-refractivity contribution >= 4 is 17.1 Å². The van der Waals surface area contributed by atoms with Crippen LogP contribution in [0.15, 0.2) is 35.7 Å². The maximum Gasteiger partial charge on any atom is 0.416 e. The Morgan fingerprint density at radius 1 is 1.24 bits per heavy atom. The van der Waals surface area contributed by atoms with E-state index >= 15 is 0 Å². The average Bonchev–Trinajstić information content (AvgIpc) is 2.94. The van der Waals surface area contributed by atoms with Crippen molar-refractivity contribution in [2.45, 2.75) is 31.4 Å². The number of hydrogen-bond donors (Lipinski definition) is 0. The Bertz CT molecular complexity index is 672. The highest BCUT2D eigenvalue weighted by Gasteiger charge is 2.33. The summed E-state index contributed by atoms with van der Waals surface area (Å²) in [5.74, 6) is -0.510. The van der Waals surface area contributed by atoms with E-state index in [0.717, 1.165) is 30.5 Å². The van der Waals surface area contributed by atoms with E-state index in [0.29, 0.717) is 6.42 Å². The van der Waals surface area contributed by atoms with Crippen molar-refractivity contribution in [3.8, 4) is 0 Å². The minimum absolute atomic E-state index is 0.147. The first-order valence-corrected chi connectivity index (χ1v) is 7.62. The van der Waals surface area contributed by atoms with Crippen molar-refractivity contribution in [1.29, 1.82) is 0 Å². The summed E-state index contributed by atoms with van der Waals surface area (Å²) < 4.78 is 38.3. The number of benzene rings is 1. The Hall–Kier alpha value is -1.62. The van der Waals surface area contributed by atoms with Gasteiger partial charge in [0.25, 0.3) is 0 Å². The Labute approximate surface area is 124 Å². The molecule has 0 spiro atoms. The number of ketones is 1. The van der Waals surface area contributed by atoms with Crippen LogP contribution in [0.2, 0.25) is 0 Å². The van der Waals surface area contributed by atoms with Gasteiger partial charge in [0.2, 0.25) is 0 Å². The zero-order valence-corrected chi connectivity index (χ0v) is 11.9. The van der Waals surface area contributed by atoms with Crippen molar-refractivity contribution in [2.24, 2.45) is 0 Å². The van der Waals surface area contributed by atoms with Gasteiger partial charge in [-0.2, -0.15) is 13.2 Å². The van der Waals surface area contributed by atoms with E-state index in [1.54, 1.807) is 11.3 Å². The number of hydrogen-bond acceptors (Lipinski definition) is 2. The van der Waals surface area contributed by atoms with E-state index in [9.17, 15) is 18.0 Å². The third-order valence-corrected chi connectivity index (χ3v) is 4.84. The number of carbonyl (C=O) groups is 1. The van der Waals surface area contributed by atoms with Crippen LogP contribution >= 0.6 is 11.3 Å². The van der Waals surface area contributed by atoms with Gasteiger partial charge in [-0.15, -0.1) is 11.3 Å². The minimum Gasteiger partial charge on any atom is -0.293 e. The van der Waals surface area contributed by atoms with Crippen LogP contribution in [0.5, 0.6) is 0 Å². The van der Waals surface area contributed by atoms with Crippen molar-refractivity contribution in [3.63, 3.8) is 0 Å². The number of aryl methyl sites for hydroxylation is 1. The number of Topliss-reactive ketones (excluding diaryl/α,β-unsaturated/α-hetero) is 1. The van der Waals surface area contributed by atoms with E-state index in [1.165, 1.54) is 17.0 Å². The first-order valence-electron chi connectivity index (χ1n) is 6.74. The van der Waals surface area contributed by atoms with Crippen molar-refractivity contribution in [3.05, 3.63) is 57.3 Å². The molecule has 3 rings (SSSR count).